The molecule has 104 valence electrons. The molecular weight excluding hydrogens is 310 g/mol. The molecule has 21 heavy (non-hydrogen) atoms. The zero-order chi connectivity index (χ0) is 15.1. The Hall–Kier alpha value is -2.31. The summed E-state index contributed by atoms with van der Waals surface area (Å²) in [5.74, 6) is -0.984. The largest absolute Gasteiger partial charge is 0.389 e. The number of nitrogens with two attached hydrogens (primary N) is 1. The number of nitrogens with zero attached hydrogens (tertiary/aromatic N) is 2. The van der Waals surface area contributed by atoms with Crippen molar-refractivity contribution in [1.29, 1.82) is 0 Å². The first-order valence-corrected chi connectivity index (χ1v) is 6.72. The zero-order valence-corrected chi connectivity index (χ0v) is 12.1. The molecule has 1 aromatic heterocycles. The number of fused-ring (bicyclic) bond motifs is 1. The summed E-state index contributed by atoms with van der Waals surface area (Å²) in [6.45, 7) is 0. The van der Waals surface area contributed by atoms with Crippen LogP contribution in [0.3, 0.4) is 0 Å². The van der Waals surface area contributed by atoms with Crippen LogP contribution in [0.5, 0.6) is 0 Å². The Morgan fingerprint density at radius 2 is 2.00 bits per heavy atom. The summed E-state index contributed by atoms with van der Waals surface area (Å²) in [6, 6.07) is 7.84. The number of aromatic nitrogens is 1. The second-order valence-corrected chi connectivity index (χ2v) is 5.22. The van der Waals surface area contributed by atoms with Crippen molar-refractivity contribution in [2.45, 2.75) is 0 Å². The Morgan fingerprint density at radius 1 is 1.24 bits per heavy atom. The Bertz CT molecular complexity index is 772. The Balaban J connectivity index is 2.15. The summed E-state index contributed by atoms with van der Waals surface area (Å²) < 4.78 is 0. The topological polar surface area (TPSA) is 76.3 Å². The van der Waals surface area contributed by atoms with E-state index in [9.17, 15) is 9.59 Å². The van der Waals surface area contributed by atoms with Crippen molar-refractivity contribution in [2.24, 2.45) is 5.73 Å². The van der Waals surface area contributed by atoms with E-state index in [2.05, 4.69) is 4.98 Å². The molecule has 5 nitrogen and oxygen atoms in total. The minimum Gasteiger partial charge on any atom is -0.389 e. The van der Waals surface area contributed by atoms with Gasteiger partial charge in [0.05, 0.1) is 16.3 Å². The van der Waals surface area contributed by atoms with Crippen LogP contribution in [0.2, 0.25) is 5.02 Å². The predicted molar refractivity (Wildman–Crippen MR) is 82.7 cm³/mol. The lowest BCUT2D eigenvalue weighted by Gasteiger charge is -2.16. The first-order valence-electron chi connectivity index (χ1n) is 5.94. The Kier molecular flexibility index (Phi) is 3.19. The van der Waals surface area contributed by atoms with E-state index in [1.165, 1.54) is 12.3 Å². The Labute approximate surface area is 130 Å². The number of amides is 2. The van der Waals surface area contributed by atoms with Crippen LogP contribution in [-0.4, -0.2) is 21.8 Å². The molecule has 0 atom stereocenters. The fourth-order valence-corrected chi connectivity index (χ4v) is 2.45. The van der Waals surface area contributed by atoms with Gasteiger partial charge in [0.15, 0.2) is 0 Å². The normalized spacial score (nSPS) is 13.5. The molecule has 0 bridgehead atoms. The monoisotopic (exact) mass is 317 g/mol. The number of pyridine rings is 1. The van der Waals surface area contributed by atoms with Gasteiger partial charge in [0.1, 0.15) is 10.7 Å². The molecule has 2 aromatic rings. The molecule has 0 radical (unpaired) electrons. The van der Waals surface area contributed by atoms with Gasteiger partial charge in [-0.1, -0.05) is 29.9 Å². The second kappa shape index (κ2) is 4.91. The van der Waals surface area contributed by atoms with Crippen molar-refractivity contribution in [3.8, 4) is 0 Å². The number of rotatable bonds is 2. The number of thiocarbonyl (C=S) groups is 1. The molecule has 3 rings (SSSR count). The number of halogens is 1. The summed E-state index contributed by atoms with van der Waals surface area (Å²) in [4.78, 5) is 29.8. The lowest BCUT2D eigenvalue weighted by Crippen LogP contribution is -2.30. The van der Waals surface area contributed by atoms with Gasteiger partial charge < -0.3 is 5.73 Å². The molecule has 0 aliphatic carbocycles. The maximum atomic E-state index is 12.4. The van der Waals surface area contributed by atoms with Crippen LogP contribution >= 0.6 is 23.8 Å². The van der Waals surface area contributed by atoms with Gasteiger partial charge in [-0.2, -0.15) is 0 Å². The van der Waals surface area contributed by atoms with Crippen LogP contribution in [0, 0.1) is 0 Å². The smallest absolute Gasteiger partial charge is 0.284 e. The first kappa shape index (κ1) is 13.7. The predicted octanol–water partition coefficient (Wildman–Crippen LogP) is 2.17. The van der Waals surface area contributed by atoms with Crippen molar-refractivity contribution in [2.75, 3.05) is 4.90 Å². The molecule has 2 amide bonds. The number of carbonyl (C=O) groups excluding carboxylic acids is 2. The molecule has 2 N–H and O–H groups in total. The first-order chi connectivity index (χ1) is 10.0. The SMILES string of the molecule is NC(=S)c1ccc(Cl)c(N2C(=O)c3cccnc3C2=O)c1. The van der Waals surface area contributed by atoms with Crippen LogP contribution in [0.25, 0.3) is 0 Å². The fourth-order valence-electron chi connectivity index (χ4n) is 2.12. The number of benzene rings is 1. The Morgan fingerprint density at radius 3 is 2.67 bits per heavy atom. The van der Waals surface area contributed by atoms with E-state index in [0.29, 0.717) is 5.56 Å². The lowest BCUT2D eigenvalue weighted by molar-refractivity contribution is 0.0924. The van der Waals surface area contributed by atoms with Crippen molar-refractivity contribution in [3.63, 3.8) is 0 Å². The van der Waals surface area contributed by atoms with E-state index in [1.807, 2.05) is 0 Å². The van der Waals surface area contributed by atoms with Crippen LogP contribution in [0.1, 0.15) is 26.4 Å². The van der Waals surface area contributed by atoms with Crippen LogP contribution in [0.4, 0.5) is 5.69 Å². The number of hydrogen-bond donors (Lipinski definition) is 1. The molecule has 2 heterocycles. The quantitative estimate of drug-likeness (QED) is 0.678. The van der Waals surface area contributed by atoms with E-state index in [4.69, 9.17) is 29.6 Å². The van der Waals surface area contributed by atoms with Gasteiger partial charge in [-0.05, 0) is 24.3 Å². The molecule has 0 saturated carbocycles. The van der Waals surface area contributed by atoms with E-state index < -0.39 is 11.8 Å². The highest BCUT2D eigenvalue weighted by molar-refractivity contribution is 7.80. The number of anilines is 1. The van der Waals surface area contributed by atoms with Crippen molar-refractivity contribution >= 4 is 46.3 Å². The summed E-state index contributed by atoms with van der Waals surface area (Å²) in [5.41, 5.74) is 6.70. The van der Waals surface area contributed by atoms with E-state index in [-0.39, 0.29) is 27.0 Å². The summed E-state index contributed by atoms with van der Waals surface area (Å²) >= 11 is 11.0. The molecule has 1 aliphatic rings. The van der Waals surface area contributed by atoms with Gasteiger partial charge >= 0.3 is 0 Å². The maximum absolute atomic E-state index is 12.4. The molecule has 0 unspecified atom stereocenters. The van der Waals surface area contributed by atoms with Gasteiger partial charge in [-0.3, -0.25) is 14.6 Å². The fraction of sp³-hybridized carbons (Fsp3) is 0. The van der Waals surface area contributed by atoms with Crippen molar-refractivity contribution < 1.29 is 9.59 Å². The highest BCUT2D eigenvalue weighted by atomic mass is 35.5. The minimum absolute atomic E-state index is 0.110. The van der Waals surface area contributed by atoms with E-state index >= 15 is 0 Å². The van der Waals surface area contributed by atoms with Crippen molar-refractivity contribution in [3.05, 3.63) is 58.4 Å². The molecule has 1 aromatic carbocycles. The lowest BCUT2D eigenvalue weighted by atomic mass is 10.2. The third-order valence-corrected chi connectivity index (χ3v) is 3.67. The van der Waals surface area contributed by atoms with Gasteiger partial charge in [-0.15, -0.1) is 0 Å². The molecule has 7 heteroatoms. The van der Waals surface area contributed by atoms with E-state index in [0.717, 1.165) is 4.90 Å². The summed E-state index contributed by atoms with van der Waals surface area (Å²) in [5, 5.41) is 0.254. The summed E-state index contributed by atoms with van der Waals surface area (Å²) in [7, 11) is 0. The molecule has 0 saturated heterocycles. The molecule has 0 spiro atoms. The number of imide groups is 1. The molecule has 1 aliphatic heterocycles. The van der Waals surface area contributed by atoms with E-state index in [1.54, 1.807) is 24.3 Å². The third-order valence-electron chi connectivity index (χ3n) is 3.12. The highest BCUT2D eigenvalue weighted by Crippen LogP contribution is 2.33. The summed E-state index contributed by atoms with van der Waals surface area (Å²) in [6.07, 6.45) is 1.46. The second-order valence-electron chi connectivity index (χ2n) is 4.38. The van der Waals surface area contributed by atoms with Gasteiger partial charge in [0.25, 0.3) is 11.8 Å². The number of hydrogen-bond acceptors (Lipinski definition) is 4. The van der Waals surface area contributed by atoms with Gasteiger partial charge in [-0.25, -0.2) is 4.90 Å². The van der Waals surface area contributed by atoms with Crippen molar-refractivity contribution in [1.82, 2.24) is 4.98 Å². The minimum atomic E-state index is -0.516. The van der Waals surface area contributed by atoms with Gasteiger partial charge in [0.2, 0.25) is 0 Å². The zero-order valence-electron chi connectivity index (χ0n) is 10.5. The molecule has 0 fully saturated rings. The average molecular weight is 318 g/mol. The average Bonchev–Trinajstić information content (AvgIpc) is 2.72. The third kappa shape index (κ3) is 2.09. The maximum Gasteiger partial charge on any atom is 0.284 e. The van der Waals surface area contributed by atoms with Crippen LogP contribution in [-0.2, 0) is 0 Å². The number of carbonyl (C=O) groups is 2. The van der Waals surface area contributed by atoms with Crippen LogP contribution in [0.15, 0.2) is 36.5 Å². The van der Waals surface area contributed by atoms with Gasteiger partial charge in [0, 0.05) is 11.8 Å². The standard InChI is InChI=1S/C14H8ClN3O2S/c15-9-4-3-7(12(16)21)6-10(9)18-13(19)8-2-1-5-17-11(8)14(18)20/h1-6H,(H2,16,21). The highest BCUT2D eigenvalue weighted by Gasteiger charge is 2.38. The molecular formula is C14H8ClN3O2S. The van der Waals surface area contributed by atoms with Crippen LogP contribution < -0.4 is 10.6 Å².